The van der Waals surface area contributed by atoms with Crippen molar-refractivity contribution in [3.8, 4) is 67.3 Å². The van der Waals surface area contributed by atoms with Crippen molar-refractivity contribution >= 4 is 27.2 Å². The van der Waals surface area contributed by atoms with E-state index in [4.69, 9.17) is 15.1 Å². The molecule has 10 aromatic rings. The van der Waals surface area contributed by atoms with Gasteiger partial charge in [0.25, 0.3) is 0 Å². The van der Waals surface area contributed by atoms with Gasteiger partial charge in [-0.05, 0) is 63.9 Å². The smallest absolute Gasteiger partial charge is 0.160 e. The molecule has 0 spiro atoms. The molecule has 0 saturated heterocycles. The molecule has 0 saturated carbocycles. The van der Waals surface area contributed by atoms with Crippen molar-refractivity contribution in [3.05, 3.63) is 218 Å². The van der Waals surface area contributed by atoms with Crippen molar-refractivity contribution in [2.75, 3.05) is 0 Å². The van der Waals surface area contributed by atoms with Crippen molar-refractivity contribution in [2.24, 2.45) is 0 Å². The number of fused-ring (bicyclic) bond motifs is 4. The number of rotatable bonds is 7. The van der Waals surface area contributed by atoms with Crippen LogP contribution in [-0.2, 0) is 0 Å². The molecule has 278 valence electrons. The first-order valence-corrected chi connectivity index (χ1v) is 20.2. The van der Waals surface area contributed by atoms with Crippen LogP contribution in [0.2, 0.25) is 0 Å². The third-order valence-corrected chi connectivity index (χ3v) is 11.6. The Labute approximate surface area is 343 Å². The molecule has 1 aliphatic rings. The van der Waals surface area contributed by atoms with E-state index < -0.39 is 0 Å². The normalized spacial score (nSPS) is 13.7. The lowest BCUT2D eigenvalue weighted by molar-refractivity contribution is 0.854. The zero-order chi connectivity index (χ0) is 39.1. The van der Waals surface area contributed by atoms with Crippen LogP contribution in [0.3, 0.4) is 0 Å². The molecule has 4 nitrogen and oxygen atoms in total. The number of benzene rings is 7. The molecule has 1 aliphatic carbocycles. The molecule has 11 rings (SSSR count). The third-order valence-electron chi connectivity index (χ3n) is 11.6. The van der Waals surface area contributed by atoms with E-state index in [1.54, 1.807) is 0 Å². The van der Waals surface area contributed by atoms with Gasteiger partial charge in [-0.2, -0.15) is 5.10 Å². The second kappa shape index (κ2) is 14.7. The quantitative estimate of drug-likeness (QED) is 0.163. The molecule has 0 fully saturated rings. The van der Waals surface area contributed by atoms with E-state index in [1.807, 2.05) is 6.20 Å². The maximum atomic E-state index is 5.47. The van der Waals surface area contributed by atoms with Crippen molar-refractivity contribution in [3.63, 3.8) is 0 Å². The molecule has 7 aromatic carbocycles. The van der Waals surface area contributed by atoms with E-state index in [-0.39, 0.29) is 5.92 Å². The van der Waals surface area contributed by atoms with Crippen molar-refractivity contribution in [1.82, 2.24) is 19.6 Å². The Balaban J connectivity index is 1.13. The van der Waals surface area contributed by atoms with Crippen LogP contribution in [0.15, 0.2) is 212 Å². The van der Waals surface area contributed by atoms with Gasteiger partial charge in [0.1, 0.15) is 0 Å². The summed E-state index contributed by atoms with van der Waals surface area (Å²) in [6.07, 6.45) is 11.8. The second-order valence-corrected chi connectivity index (χ2v) is 15.2. The topological polar surface area (TPSA) is 43.1 Å². The summed E-state index contributed by atoms with van der Waals surface area (Å²) >= 11 is 0. The summed E-state index contributed by atoms with van der Waals surface area (Å²) in [4.78, 5) is 10.7. The average molecular weight is 755 g/mol. The summed E-state index contributed by atoms with van der Waals surface area (Å²) < 4.78 is 2.14. The van der Waals surface area contributed by atoms with Gasteiger partial charge < -0.3 is 0 Å². The first-order chi connectivity index (χ1) is 29.3. The molecular formula is C55H38N4. The standard InChI is InChI=1S/C55H38N4/c1-5-18-37(19-6-1)43-33-44(38-20-7-2-8-21-38)35-45(34-43)52-48-30-15-16-31-50(48)57-55(58-52)42-27-17-26-41(32-42)51-46-28-13-14-29-47(46)54-49(39-22-9-3-10-23-39)36-56-59(54)53(51)40-24-11-4-12-25-40/h1-20,22-36,38H,21H2. The highest BCUT2D eigenvalue weighted by Gasteiger charge is 2.23. The molecule has 1 unspecified atom stereocenters. The molecular weight excluding hydrogens is 717 g/mol. The van der Waals surface area contributed by atoms with E-state index >= 15 is 0 Å². The molecule has 0 amide bonds. The monoisotopic (exact) mass is 754 g/mol. The number of hydrogen-bond donors (Lipinski definition) is 0. The first kappa shape index (κ1) is 34.5. The van der Waals surface area contributed by atoms with Gasteiger partial charge in [0.2, 0.25) is 0 Å². The van der Waals surface area contributed by atoms with Gasteiger partial charge in [-0.25, -0.2) is 14.5 Å². The Morgan fingerprint density at radius 2 is 1.10 bits per heavy atom. The molecule has 1 atom stereocenters. The molecule has 59 heavy (non-hydrogen) atoms. The summed E-state index contributed by atoms with van der Waals surface area (Å²) in [7, 11) is 0. The number of hydrogen-bond acceptors (Lipinski definition) is 3. The van der Waals surface area contributed by atoms with Gasteiger partial charge in [0.05, 0.1) is 28.6 Å². The van der Waals surface area contributed by atoms with E-state index in [0.29, 0.717) is 5.82 Å². The highest BCUT2D eigenvalue weighted by atomic mass is 15.2. The Morgan fingerprint density at radius 3 is 1.86 bits per heavy atom. The third kappa shape index (κ3) is 6.23. The minimum absolute atomic E-state index is 0.288. The van der Waals surface area contributed by atoms with Crippen LogP contribution in [0.1, 0.15) is 17.9 Å². The van der Waals surface area contributed by atoms with Crippen molar-refractivity contribution < 1.29 is 0 Å². The first-order valence-electron chi connectivity index (χ1n) is 20.2. The van der Waals surface area contributed by atoms with E-state index in [2.05, 4.69) is 211 Å². The van der Waals surface area contributed by atoms with Crippen molar-refractivity contribution in [2.45, 2.75) is 12.3 Å². The van der Waals surface area contributed by atoms with Gasteiger partial charge in [-0.15, -0.1) is 0 Å². The SMILES string of the molecule is C1=CCC(c2cc(-c3ccccc3)cc(-c3nc(-c4cccc(-c5c(-c6ccccc6)n6ncc(-c7ccccc7)c6c6ccccc56)c4)nc4ccccc34)c2)C=C1. The lowest BCUT2D eigenvalue weighted by atomic mass is 9.88. The predicted molar refractivity (Wildman–Crippen MR) is 244 cm³/mol. The van der Waals surface area contributed by atoms with Crippen LogP contribution in [0, 0.1) is 0 Å². The number of allylic oxidation sites excluding steroid dienone is 4. The van der Waals surface area contributed by atoms with Gasteiger partial charge in [-0.1, -0.05) is 182 Å². The largest absolute Gasteiger partial charge is 0.231 e. The Bertz CT molecular complexity index is 3230. The number of nitrogens with zero attached hydrogens (tertiary/aromatic N) is 4. The van der Waals surface area contributed by atoms with Gasteiger partial charge in [-0.3, -0.25) is 0 Å². The summed E-state index contributed by atoms with van der Waals surface area (Å²) in [5, 5.41) is 8.45. The van der Waals surface area contributed by atoms with Gasteiger partial charge in [0.15, 0.2) is 5.82 Å². The van der Waals surface area contributed by atoms with Crippen LogP contribution >= 0.6 is 0 Å². The van der Waals surface area contributed by atoms with Crippen LogP contribution < -0.4 is 0 Å². The fourth-order valence-corrected chi connectivity index (χ4v) is 8.77. The second-order valence-electron chi connectivity index (χ2n) is 15.2. The summed E-state index contributed by atoms with van der Waals surface area (Å²) in [5.41, 5.74) is 15.1. The Kier molecular flexibility index (Phi) is 8.59. The van der Waals surface area contributed by atoms with Crippen LogP contribution in [0.4, 0.5) is 0 Å². The van der Waals surface area contributed by atoms with E-state index in [0.717, 1.165) is 83.9 Å². The maximum absolute atomic E-state index is 5.47. The highest BCUT2D eigenvalue weighted by molar-refractivity contribution is 6.13. The molecule has 4 heteroatoms. The van der Waals surface area contributed by atoms with E-state index in [9.17, 15) is 0 Å². The maximum Gasteiger partial charge on any atom is 0.160 e. The summed E-state index contributed by atoms with van der Waals surface area (Å²) in [6.45, 7) is 0. The predicted octanol–water partition coefficient (Wildman–Crippen LogP) is 14.0. The summed E-state index contributed by atoms with van der Waals surface area (Å²) in [6, 6.07) is 64.6. The van der Waals surface area contributed by atoms with Crippen LogP contribution in [0.5, 0.6) is 0 Å². The lowest BCUT2D eigenvalue weighted by Gasteiger charge is -2.19. The minimum Gasteiger partial charge on any atom is -0.231 e. The molecule has 3 aromatic heterocycles. The zero-order valence-corrected chi connectivity index (χ0v) is 32.3. The zero-order valence-electron chi connectivity index (χ0n) is 32.3. The number of pyridine rings is 1. The van der Waals surface area contributed by atoms with Gasteiger partial charge in [0, 0.05) is 44.5 Å². The van der Waals surface area contributed by atoms with Crippen LogP contribution in [0.25, 0.3) is 94.5 Å². The molecule has 0 aliphatic heterocycles. The molecule has 0 N–H and O–H groups in total. The molecule has 0 bridgehead atoms. The van der Waals surface area contributed by atoms with E-state index in [1.165, 1.54) is 16.7 Å². The summed E-state index contributed by atoms with van der Waals surface area (Å²) in [5.74, 6) is 0.973. The Morgan fingerprint density at radius 1 is 0.475 bits per heavy atom. The fraction of sp³-hybridized carbons (Fsp3) is 0.0364. The molecule has 3 heterocycles. The van der Waals surface area contributed by atoms with Gasteiger partial charge >= 0.3 is 0 Å². The Hall–Kier alpha value is -7.69. The number of para-hydroxylation sites is 1. The fourth-order valence-electron chi connectivity index (χ4n) is 8.77. The highest BCUT2D eigenvalue weighted by Crippen LogP contribution is 2.44. The minimum atomic E-state index is 0.288. The van der Waals surface area contributed by atoms with Crippen molar-refractivity contribution in [1.29, 1.82) is 0 Å². The molecule has 0 radical (unpaired) electrons. The number of aromatic nitrogens is 4. The van der Waals surface area contributed by atoms with Crippen LogP contribution in [-0.4, -0.2) is 19.6 Å². The average Bonchev–Trinajstić information content (AvgIpc) is 3.77. The lowest BCUT2D eigenvalue weighted by Crippen LogP contribution is -2.01.